The van der Waals surface area contributed by atoms with Gasteiger partial charge in [0.2, 0.25) is 0 Å². The molecule has 0 fully saturated rings. The second kappa shape index (κ2) is 3.34. The van der Waals surface area contributed by atoms with Crippen molar-refractivity contribution in [2.45, 2.75) is 0 Å². The molecule has 1 heterocycles. The third-order valence-corrected chi connectivity index (χ3v) is 2.82. The van der Waals surface area contributed by atoms with Gasteiger partial charge in [0.25, 0.3) is 0 Å². The predicted octanol–water partition coefficient (Wildman–Crippen LogP) is 3.31. The Morgan fingerprint density at radius 1 is 0.900 bits per heavy atom. The van der Waals surface area contributed by atoms with Crippen LogP contribution in [0.3, 0.4) is 0 Å². The summed E-state index contributed by atoms with van der Waals surface area (Å²) in [5.74, 6) is 0. The first-order valence-corrected chi connectivity index (χ1v) is 4.49. The molecule has 0 spiro atoms. The fourth-order valence-corrected chi connectivity index (χ4v) is 1.35. The molecule has 1 aromatic rings. The minimum Gasteiger partial charge on any atom is -0.223 e. The Morgan fingerprint density at radius 3 is 1.50 bits per heavy atom. The standard InChI is InChI=1S/C4Br2Cl2N2/c5-1-3(7)10-2(6)4(8)9-1. The van der Waals surface area contributed by atoms with Crippen LogP contribution >= 0.6 is 55.1 Å². The number of nitrogens with zero attached hydrogens (tertiary/aromatic N) is 2. The van der Waals surface area contributed by atoms with Crippen molar-refractivity contribution in [3.8, 4) is 0 Å². The van der Waals surface area contributed by atoms with Crippen LogP contribution < -0.4 is 0 Å². The van der Waals surface area contributed by atoms with Crippen molar-refractivity contribution in [2.75, 3.05) is 0 Å². The Kier molecular flexibility index (Phi) is 2.91. The number of rotatable bonds is 0. The average molecular weight is 307 g/mol. The molecule has 0 saturated heterocycles. The van der Waals surface area contributed by atoms with Crippen molar-refractivity contribution >= 4 is 55.1 Å². The monoisotopic (exact) mass is 304 g/mol. The Morgan fingerprint density at radius 2 is 1.20 bits per heavy atom. The summed E-state index contributed by atoms with van der Waals surface area (Å²) in [6, 6.07) is 0. The minimum absolute atomic E-state index is 0.288. The number of hydrogen-bond acceptors (Lipinski definition) is 2. The molecular formula is C4Br2Cl2N2. The van der Waals surface area contributed by atoms with Gasteiger partial charge in [0, 0.05) is 0 Å². The molecule has 0 aliphatic rings. The summed E-state index contributed by atoms with van der Waals surface area (Å²) >= 11 is 17.3. The third-order valence-electron chi connectivity index (χ3n) is 0.733. The van der Waals surface area contributed by atoms with Crippen molar-refractivity contribution in [1.82, 2.24) is 9.97 Å². The summed E-state index contributed by atoms with van der Waals surface area (Å²) in [6.45, 7) is 0. The maximum Gasteiger partial charge on any atom is 0.163 e. The molecule has 0 aromatic carbocycles. The van der Waals surface area contributed by atoms with Crippen molar-refractivity contribution in [3.05, 3.63) is 19.5 Å². The molecule has 6 heteroatoms. The molecule has 0 N–H and O–H groups in total. The second-order valence-corrected chi connectivity index (χ2v) is 3.61. The van der Waals surface area contributed by atoms with E-state index in [0.29, 0.717) is 9.21 Å². The maximum atomic E-state index is 5.58. The molecule has 0 atom stereocenters. The molecule has 0 aliphatic heterocycles. The fourth-order valence-electron chi connectivity index (χ4n) is 0.357. The van der Waals surface area contributed by atoms with E-state index in [2.05, 4.69) is 41.8 Å². The normalized spacial score (nSPS) is 10.0. The maximum absolute atomic E-state index is 5.58. The van der Waals surface area contributed by atoms with E-state index in [1.54, 1.807) is 0 Å². The summed E-state index contributed by atoms with van der Waals surface area (Å²) in [5, 5.41) is 0.576. The van der Waals surface area contributed by atoms with Crippen LogP contribution in [0.4, 0.5) is 0 Å². The highest BCUT2D eigenvalue weighted by molar-refractivity contribution is 9.11. The van der Waals surface area contributed by atoms with Gasteiger partial charge in [-0.2, -0.15) is 0 Å². The zero-order chi connectivity index (χ0) is 7.72. The lowest BCUT2D eigenvalue weighted by Crippen LogP contribution is -1.85. The van der Waals surface area contributed by atoms with E-state index in [9.17, 15) is 0 Å². The molecule has 0 aliphatic carbocycles. The van der Waals surface area contributed by atoms with Gasteiger partial charge in [-0.15, -0.1) is 0 Å². The Balaban J connectivity index is 3.28. The van der Waals surface area contributed by atoms with Gasteiger partial charge in [0.1, 0.15) is 9.21 Å². The van der Waals surface area contributed by atoms with Crippen molar-refractivity contribution in [3.63, 3.8) is 0 Å². The van der Waals surface area contributed by atoms with Gasteiger partial charge in [-0.1, -0.05) is 23.2 Å². The first-order valence-electron chi connectivity index (χ1n) is 2.15. The smallest absolute Gasteiger partial charge is 0.163 e. The lowest BCUT2D eigenvalue weighted by atomic mass is 10.8. The fraction of sp³-hybridized carbons (Fsp3) is 0. The minimum atomic E-state index is 0.288. The Bertz CT molecular complexity index is 215. The lowest BCUT2D eigenvalue weighted by molar-refractivity contribution is 1.13. The zero-order valence-corrected chi connectivity index (χ0v) is 9.09. The van der Waals surface area contributed by atoms with Gasteiger partial charge >= 0.3 is 0 Å². The molecule has 0 bridgehead atoms. The van der Waals surface area contributed by atoms with Gasteiger partial charge in [-0.05, 0) is 31.9 Å². The van der Waals surface area contributed by atoms with E-state index in [-0.39, 0.29) is 10.3 Å². The summed E-state index contributed by atoms with van der Waals surface area (Å²) in [4.78, 5) is 7.63. The lowest BCUT2D eigenvalue weighted by Gasteiger charge is -1.95. The van der Waals surface area contributed by atoms with Crippen LogP contribution in [0.25, 0.3) is 0 Å². The summed E-state index contributed by atoms with van der Waals surface area (Å²) in [5.41, 5.74) is 0. The largest absolute Gasteiger partial charge is 0.223 e. The van der Waals surface area contributed by atoms with Crippen LogP contribution in [-0.2, 0) is 0 Å². The third kappa shape index (κ3) is 1.81. The first kappa shape index (κ1) is 8.71. The van der Waals surface area contributed by atoms with E-state index in [1.165, 1.54) is 0 Å². The number of aromatic nitrogens is 2. The molecule has 2 nitrogen and oxygen atoms in total. The van der Waals surface area contributed by atoms with Gasteiger partial charge in [-0.3, -0.25) is 0 Å². The highest BCUT2D eigenvalue weighted by atomic mass is 79.9. The van der Waals surface area contributed by atoms with E-state index < -0.39 is 0 Å². The van der Waals surface area contributed by atoms with Gasteiger partial charge < -0.3 is 0 Å². The molecule has 0 saturated carbocycles. The predicted molar refractivity (Wildman–Crippen MR) is 47.5 cm³/mol. The number of hydrogen-bond donors (Lipinski definition) is 0. The van der Waals surface area contributed by atoms with Crippen LogP contribution in [0.1, 0.15) is 0 Å². The van der Waals surface area contributed by atoms with E-state index in [0.717, 1.165) is 0 Å². The zero-order valence-electron chi connectivity index (χ0n) is 4.41. The summed E-state index contributed by atoms with van der Waals surface area (Å²) in [7, 11) is 0. The quantitative estimate of drug-likeness (QED) is 0.735. The summed E-state index contributed by atoms with van der Waals surface area (Å²) in [6.07, 6.45) is 0. The van der Waals surface area contributed by atoms with E-state index in [1.807, 2.05) is 0 Å². The molecular weight excluding hydrogens is 307 g/mol. The Hall–Kier alpha value is 0.620. The highest BCUT2D eigenvalue weighted by Gasteiger charge is 2.05. The molecule has 0 unspecified atom stereocenters. The van der Waals surface area contributed by atoms with Crippen LogP contribution in [0, 0.1) is 0 Å². The topological polar surface area (TPSA) is 25.8 Å². The van der Waals surface area contributed by atoms with Gasteiger partial charge in [0.05, 0.1) is 0 Å². The molecule has 10 heavy (non-hydrogen) atoms. The van der Waals surface area contributed by atoms with Crippen LogP contribution in [-0.4, -0.2) is 9.97 Å². The first-order chi connectivity index (χ1) is 4.61. The van der Waals surface area contributed by atoms with Crippen LogP contribution in [0.15, 0.2) is 9.21 Å². The van der Waals surface area contributed by atoms with E-state index in [4.69, 9.17) is 23.2 Å². The molecule has 54 valence electrons. The van der Waals surface area contributed by atoms with Crippen LogP contribution in [0.5, 0.6) is 0 Å². The average Bonchev–Trinajstić information content (AvgIpc) is 1.84. The molecule has 0 amide bonds. The highest BCUT2D eigenvalue weighted by Crippen LogP contribution is 2.25. The van der Waals surface area contributed by atoms with Gasteiger partial charge in [-0.25, -0.2) is 9.97 Å². The second-order valence-electron chi connectivity index (χ2n) is 1.39. The van der Waals surface area contributed by atoms with Crippen molar-refractivity contribution in [1.29, 1.82) is 0 Å². The molecule has 1 rings (SSSR count). The van der Waals surface area contributed by atoms with Crippen molar-refractivity contribution < 1.29 is 0 Å². The SMILES string of the molecule is Clc1nc(Br)c(Cl)nc1Br. The van der Waals surface area contributed by atoms with Crippen LogP contribution in [0.2, 0.25) is 10.3 Å². The van der Waals surface area contributed by atoms with Crippen molar-refractivity contribution in [2.24, 2.45) is 0 Å². The summed E-state index contributed by atoms with van der Waals surface area (Å²) < 4.78 is 0.893. The number of halogens is 4. The van der Waals surface area contributed by atoms with E-state index >= 15 is 0 Å². The Labute approximate surface area is 84.2 Å². The van der Waals surface area contributed by atoms with Gasteiger partial charge in [0.15, 0.2) is 10.3 Å². The molecule has 0 radical (unpaired) electrons. The molecule has 1 aromatic heterocycles.